The molecular formula is C8H8N4. The number of anilines is 1. The van der Waals surface area contributed by atoms with E-state index in [1.54, 1.807) is 11.9 Å². The Hall–Kier alpha value is -1.94. The number of H-pyrrole nitrogens is 1. The van der Waals surface area contributed by atoms with Gasteiger partial charge in [-0.05, 0) is 0 Å². The maximum Gasteiger partial charge on any atom is 0.142 e. The summed E-state index contributed by atoms with van der Waals surface area (Å²) in [6.07, 6.45) is 6.59. The molecular weight excluding hydrogens is 152 g/mol. The summed E-state index contributed by atoms with van der Waals surface area (Å²) in [6, 6.07) is 2.01. The SMILES string of the molecule is C#CCN(C)c1[nH]ncc1C#N. The van der Waals surface area contributed by atoms with Crippen molar-refractivity contribution in [3.05, 3.63) is 11.8 Å². The number of nitrogens with one attached hydrogen (secondary N) is 1. The lowest BCUT2D eigenvalue weighted by molar-refractivity contribution is 0.973. The lowest BCUT2D eigenvalue weighted by Crippen LogP contribution is -2.18. The van der Waals surface area contributed by atoms with Crippen molar-refractivity contribution in [2.24, 2.45) is 0 Å². The van der Waals surface area contributed by atoms with Crippen LogP contribution in [0.25, 0.3) is 0 Å². The van der Waals surface area contributed by atoms with E-state index in [2.05, 4.69) is 16.1 Å². The van der Waals surface area contributed by atoms with Crippen molar-refractivity contribution in [1.29, 1.82) is 5.26 Å². The van der Waals surface area contributed by atoms with Crippen LogP contribution in [0, 0.1) is 23.7 Å². The van der Waals surface area contributed by atoms with Crippen molar-refractivity contribution in [2.45, 2.75) is 0 Å². The first-order valence-electron chi connectivity index (χ1n) is 3.37. The van der Waals surface area contributed by atoms with Crippen molar-refractivity contribution in [3.8, 4) is 18.4 Å². The zero-order chi connectivity index (χ0) is 8.97. The predicted octanol–water partition coefficient (Wildman–Crippen LogP) is 0.351. The van der Waals surface area contributed by atoms with Gasteiger partial charge >= 0.3 is 0 Å². The molecule has 1 aromatic heterocycles. The number of aromatic nitrogens is 2. The van der Waals surface area contributed by atoms with Crippen LogP contribution in [0.2, 0.25) is 0 Å². The van der Waals surface area contributed by atoms with Gasteiger partial charge in [0.25, 0.3) is 0 Å². The van der Waals surface area contributed by atoms with E-state index >= 15 is 0 Å². The second-order valence-electron chi connectivity index (χ2n) is 2.30. The summed E-state index contributed by atoms with van der Waals surface area (Å²) in [7, 11) is 1.80. The average Bonchev–Trinajstić information content (AvgIpc) is 2.51. The molecule has 0 bridgehead atoms. The molecule has 0 amide bonds. The molecule has 1 aromatic rings. The third-order valence-corrected chi connectivity index (χ3v) is 1.45. The van der Waals surface area contributed by atoms with Crippen molar-refractivity contribution in [1.82, 2.24) is 10.2 Å². The van der Waals surface area contributed by atoms with Crippen molar-refractivity contribution in [3.63, 3.8) is 0 Å². The van der Waals surface area contributed by atoms with Crippen LogP contribution in [0.5, 0.6) is 0 Å². The molecule has 0 aromatic carbocycles. The lowest BCUT2D eigenvalue weighted by Gasteiger charge is -2.12. The normalized spacial score (nSPS) is 8.58. The molecule has 4 heteroatoms. The fourth-order valence-electron chi connectivity index (χ4n) is 0.868. The van der Waals surface area contributed by atoms with Gasteiger partial charge in [0.1, 0.15) is 17.5 Å². The van der Waals surface area contributed by atoms with Gasteiger partial charge in [0.15, 0.2) is 0 Å². The minimum Gasteiger partial charge on any atom is -0.348 e. The Bertz CT molecular complexity index is 339. The van der Waals surface area contributed by atoms with Crippen molar-refractivity contribution < 1.29 is 0 Å². The average molecular weight is 160 g/mol. The van der Waals surface area contributed by atoms with Gasteiger partial charge in [0.05, 0.1) is 12.7 Å². The van der Waals surface area contributed by atoms with E-state index in [4.69, 9.17) is 11.7 Å². The summed E-state index contributed by atoms with van der Waals surface area (Å²) in [4.78, 5) is 1.76. The van der Waals surface area contributed by atoms with Gasteiger partial charge in [-0.1, -0.05) is 5.92 Å². The van der Waals surface area contributed by atoms with Crippen LogP contribution in [0.4, 0.5) is 5.82 Å². The Kier molecular flexibility index (Phi) is 2.35. The maximum absolute atomic E-state index is 8.64. The minimum atomic E-state index is 0.455. The van der Waals surface area contributed by atoms with Gasteiger partial charge in [0, 0.05) is 7.05 Å². The van der Waals surface area contributed by atoms with Gasteiger partial charge in [-0.15, -0.1) is 6.42 Å². The number of nitriles is 1. The molecule has 0 saturated carbocycles. The largest absolute Gasteiger partial charge is 0.348 e. The third-order valence-electron chi connectivity index (χ3n) is 1.45. The molecule has 1 N–H and O–H groups in total. The highest BCUT2D eigenvalue weighted by Gasteiger charge is 2.07. The number of rotatable bonds is 2. The molecule has 1 rings (SSSR count). The standard InChI is InChI=1S/C8H8N4/c1-3-4-12(2)8-7(5-9)6-10-11-8/h1,6H,4H2,2H3,(H,10,11). The summed E-state index contributed by atoms with van der Waals surface area (Å²) in [5, 5.41) is 15.1. The topological polar surface area (TPSA) is 55.7 Å². The highest BCUT2D eigenvalue weighted by atomic mass is 15.3. The number of hydrogen-bond acceptors (Lipinski definition) is 3. The Morgan fingerprint density at radius 3 is 3.17 bits per heavy atom. The molecule has 60 valence electrons. The van der Waals surface area contributed by atoms with Gasteiger partial charge in [-0.2, -0.15) is 10.4 Å². The van der Waals surface area contributed by atoms with Crippen molar-refractivity contribution >= 4 is 5.82 Å². The van der Waals surface area contributed by atoms with E-state index in [0.717, 1.165) is 0 Å². The van der Waals surface area contributed by atoms with Crippen molar-refractivity contribution in [2.75, 3.05) is 18.5 Å². The first-order valence-corrected chi connectivity index (χ1v) is 3.37. The molecule has 12 heavy (non-hydrogen) atoms. The first kappa shape index (κ1) is 8.16. The molecule has 0 atom stereocenters. The summed E-state index contributed by atoms with van der Waals surface area (Å²) in [5.41, 5.74) is 0.507. The number of terminal acetylenes is 1. The Balaban J connectivity index is 2.89. The van der Waals surface area contributed by atoms with E-state index in [-0.39, 0.29) is 0 Å². The maximum atomic E-state index is 8.64. The number of nitrogens with zero attached hydrogens (tertiary/aromatic N) is 3. The monoisotopic (exact) mass is 160 g/mol. The molecule has 0 radical (unpaired) electrons. The van der Waals surface area contributed by atoms with Crippen LogP contribution >= 0.6 is 0 Å². The van der Waals surface area contributed by atoms with Crippen LogP contribution in [-0.2, 0) is 0 Å². The van der Waals surface area contributed by atoms with Crippen LogP contribution in [0.1, 0.15) is 5.56 Å². The zero-order valence-corrected chi connectivity index (χ0v) is 6.70. The number of aromatic amines is 1. The molecule has 0 aliphatic rings. The van der Waals surface area contributed by atoms with Crippen LogP contribution in [0.3, 0.4) is 0 Å². The fraction of sp³-hybridized carbons (Fsp3) is 0.250. The molecule has 0 saturated heterocycles. The van der Waals surface area contributed by atoms with Crippen LogP contribution in [0.15, 0.2) is 6.20 Å². The highest BCUT2D eigenvalue weighted by Crippen LogP contribution is 2.12. The molecule has 0 spiro atoms. The lowest BCUT2D eigenvalue weighted by atomic mass is 10.3. The Labute approximate surface area is 70.8 Å². The molecule has 1 heterocycles. The van der Waals surface area contributed by atoms with E-state index < -0.39 is 0 Å². The van der Waals surface area contributed by atoms with Gasteiger partial charge in [-0.25, -0.2) is 0 Å². The second kappa shape index (κ2) is 3.45. The second-order valence-corrected chi connectivity index (χ2v) is 2.30. The fourth-order valence-corrected chi connectivity index (χ4v) is 0.868. The Morgan fingerprint density at radius 2 is 2.58 bits per heavy atom. The quantitative estimate of drug-likeness (QED) is 0.635. The van der Waals surface area contributed by atoms with Crippen LogP contribution < -0.4 is 4.90 Å². The van der Waals surface area contributed by atoms with Crippen LogP contribution in [-0.4, -0.2) is 23.8 Å². The molecule has 4 nitrogen and oxygen atoms in total. The predicted molar refractivity (Wildman–Crippen MR) is 45.4 cm³/mol. The summed E-state index contributed by atoms with van der Waals surface area (Å²) in [5.74, 6) is 3.14. The molecule has 0 aliphatic heterocycles. The third kappa shape index (κ3) is 1.38. The highest BCUT2D eigenvalue weighted by molar-refractivity contribution is 5.52. The molecule has 0 unspecified atom stereocenters. The number of hydrogen-bond donors (Lipinski definition) is 1. The summed E-state index contributed by atoms with van der Waals surface area (Å²) >= 11 is 0. The van der Waals surface area contributed by atoms with E-state index in [0.29, 0.717) is 17.9 Å². The summed E-state index contributed by atoms with van der Waals surface area (Å²) < 4.78 is 0. The van der Waals surface area contributed by atoms with Gasteiger partial charge < -0.3 is 4.90 Å². The first-order chi connectivity index (χ1) is 5.79. The van der Waals surface area contributed by atoms with E-state index in [1.165, 1.54) is 6.20 Å². The van der Waals surface area contributed by atoms with Gasteiger partial charge in [0.2, 0.25) is 0 Å². The molecule has 0 fully saturated rings. The van der Waals surface area contributed by atoms with E-state index in [9.17, 15) is 0 Å². The minimum absolute atomic E-state index is 0.455. The van der Waals surface area contributed by atoms with E-state index in [1.807, 2.05) is 6.07 Å². The Morgan fingerprint density at radius 1 is 1.83 bits per heavy atom. The zero-order valence-electron chi connectivity index (χ0n) is 6.70. The molecule has 0 aliphatic carbocycles. The summed E-state index contributed by atoms with van der Waals surface area (Å²) in [6.45, 7) is 0.455. The smallest absolute Gasteiger partial charge is 0.142 e. The van der Waals surface area contributed by atoms with Gasteiger partial charge in [-0.3, -0.25) is 5.10 Å².